The van der Waals surface area contributed by atoms with Crippen molar-refractivity contribution in [1.82, 2.24) is 19.9 Å². The molecule has 0 aliphatic rings. The summed E-state index contributed by atoms with van der Waals surface area (Å²) in [5.41, 5.74) is 3.73. The van der Waals surface area contributed by atoms with Crippen LogP contribution in [0.25, 0.3) is 0 Å². The third-order valence-electron chi connectivity index (χ3n) is 7.46. The molecule has 0 aliphatic carbocycles. The molecule has 14 heteroatoms. The molecule has 7 rings (SSSR count). The van der Waals surface area contributed by atoms with Crippen LogP contribution in [-0.4, -0.2) is 39.0 Å². The van der Waals surface area contributed by atoms with Crippen LogP contribution in [0.2, 0.25) is 5.15 Å². The zero-order chi connectivity index (χ0) is 38.2. The average Bonchev–Trinajstić information content (AvgIpc) is 3.20. The summed E-state index contributed by atoms with van der Waals surface area (Å²) in [7, 11) is 1.93. The van der Waals surface area contributed by atoms with E-state index in [0.717, 1.165) is 17.1 Å². The molecule has 0 saturated carbocycles. The van der Waals surface area contributed by atoms with E-state index in [4.69, 9.17) is 21.1 Å². The van der Waals surface area contributed by atoms with Gasteiger partial charge in [-0.15, -0.1) is 0 Å². The number of aromatic nitrogens is 4. The maximum absolute atomic E-state index is 12.1. The van der Waals surface area contributed by atoms with E-state index in [2.05, 4.69) is 41.2 Å². The summed E-state index contributed by atoms with van der Waals surface area (Å²) in [6.07, 6.45) is 2.79. The Hall–Kier alpha value is -7.51. The fraction of sp³-hybridized carbons (Fsp3) is 0.0244. The Morgan fingerprint density at radius 2 is 0.909 bits per heavy atom. The summed E-state index contributed by atoms with van der Waals surface area (Å²) in [6.45, 7) is 0. The van der Waals surface area contributed by atoms with Crippen LogP contribution in [0, 0.1) is 0 Å². The minimum absolute atomic E-state index is 0.302. The van der Waals surface area contributed by atoms with E-state index < -0.39 is 0 Å². The predicted molar refractivity (Wildman–Crippen MR) is 215 cm³/mol. The van der Waals surface area contributed by atoms with Crippen molar-refractivity contribution in [3.63, 3.8) is 0 Å². The Morgan fingerprint density at radius 1 is 0.509 bits per heavy atom. The summed E-state index contributed by atoms with van der Waals surface area (Å²) < 4.78 is 11.4. The first-order chi connectivity index (χ1) is 26.9. The number of amides is 4. The summed E-state index contributed by atoms with van der Waals surface area (Å²) in [6, 6.07) is 44.9. The van der Waals surface area contributed by atoms with Crippen LogP contribution >= 0.6 is 11.6 Å². The van der Waals surface area contributed by atoms with E-state index in [1.807, 2.05) is 103 Å². The van der Waals surface area contributed by atoms with Crippen LogP contribution in [0.3, 0.4) is 0 Å². The van der Waals surface area contributed by atoms with Gasteiger partial charge in [0, 0.05) is 47.6 Å². The number of carbonyl (C=O) groups excluding carboxylic acids is 2. The summed E-state index contributed by atoms with van der Waals surface area (Å²) in [5, 5.41) is 11.3. The zero-order valence-electron chi connectivity index (χ0n) is 29.3. The molecule has 2 aromatic heterocycles. The quantitative estimate of drug-likeness (QED) is 0.0999. The van der Waals surface area contributed by atoms with Gasteiger partial charge in [-0.1, -0.05) is 66.2 Å². The van der Waals surface area contributed by atoms with Gasteiger partial charge in [0.25, 0.3) is 0 Å². The van der Waals surface area contributed by atoms with Gasteiger partial charge >= 0.3 is 12.1 Å². The summed E-state index contributed by atoms with van der Waals surface area (Å²) in [5.74, 6) is 2.65. The van der Waals surface area contributed by atoms with E-state index in [-0.39, 0.29) is 12.1 Å². The third kappa shape index (κ3) is 11.8. The molecular weight excluding hydrogens is 718 g/mol. The van der Waals surface area contributed by atoms with Crippen LogP contribution in [0.4, 0.5) is 43.8 Å². The van der Waals surface area contributed by atoms with Crippen molar-refractivity contribution >= 4 is 57.9 Å². The monoisotopic (exact) mass is 751 g/mol. The normalized spacial score (nSPS) is 10.1. The standard InChI is InChI=1S/C24H21N5O2.C17H13ClN4O2/c1-29(20-10-6-3-7-11-20)22-16-23(26-17-25-22)31-21-14-12-19(13-15-21)28-24(30)27-18-8-4-2-5-9-18;18-15-10-16(20-11-19-15)24-14-8-6-13(7-9-14)22-17(23)21-12-4-2-1-3-5-12/h2-17H,1H3,(H2,27,28,30);1-11H,(H2,21,22,23). The highest BCUT2D eigenvalue weighted by atomic mass is 35.5. The molecule has 13 nitrogen and oxygen atoms in total. The van der Waals surface area contributed by atoms with Crippen molar-refractivity contribution < 1.29 is 19.1 Å². The topological polar surface area (TPSA) is 156 Å². The lowest BCUT2D eigenvalue weighted by molar-refractivity contribution is 0.261. The minimum Gasteiger partial charge on any atom is -0.439 e. The van der Waals surface area contributed by atoms with E-state index >= 15 is 0 Å². The molecule has 2 heterocycles. The van der Waals surface area contributed by atoms with Gasteiger partial charge in [-0.3, -0.25) is 0 Å². The van der Waals surface area contributed by atoms with Gasteiger partial charge in [0.1, 0.15) is 35.1 Å². The maximum atomic E-state index is 12.1. The number of benzene rings is 5. The molecule has 5 aromatic carbocycles. The Balaban J connectivity index is 0.000000193. The number of para-hydroxylation sites is 3. The molecule has 0 saturated heterocycles. The third-order valence-corrected chi connectivity index (χ3v) is 7.66. The maximum Gasteiger partial charge on any atom is 0.323 e. The summed E-state index contributed by atoms with van der Waals surface area (Å²) >= 11 is 5.77. The van der Waals surface area contributed by atoms with Crippen molar-refractivity contribution in [1.29, 1.82) is 0 Å². The van der Waals surface area contributed by atoms with E-state index in [1.165, 1.54) is 18.7 Å². The van der Waals surface area contributed by atoms with Crippen molar-refractivity contribution in [3.8, 4) is 23.3 Å². The number of anilines is 6. The Morgan fingerprint density at radius 3 is 1.36 bits per heavy atom. The van der Waals surface area contributed by atoms with Crippen molar-refractivity contribution in [2.75, 3.05) is 33.2 Å². The van der Waals surface area contributed by atoms with Gasteiger partial charge in [-0.2, -0.15) is 0 Å². The molecule has 0 radical (unpaired) electrons. The molecular formula is C41H34ClN9O4. The van der Waals surface area contributed by atoms with Gasteiger partial charge in [-0.25, -0.2) is 29.5 Å². The lowest BCUT2D eigenvalue weighted by atomic mass is 10.3. The molecule has 0 fully saturated rings. The number of ether oxygens (including phenoxy) is 2. The lowest BCUT2D eigenvalue weighted by Gasteiger charge is -2.18. The fourth-order valence-corrected chi connectivity index (χ4v) is 4.95. The van der Waals surface area contributed by atoms with Gasteiger partial charge < -0.3 is 35.6 Å². The number of rotatable bonds is 10. The second-order valence-electron chi connectivity index (χ2n) is 11.4. The highest BCUT2D eigenvalue weighted by Gasteiger charge is 2.09. The largest absolute Gasteiger partial charge is 0.439 e. The number of hydrogen-bond acceptors (Lipinski definition) is 9. The van der Waals surface area contributed by atoms with Crippen molar-refractivity contribution in [2.24, 2.45) is 0 Å². The molecule has 7 aromatic rings. The van der Waals surface area contributed by atoms with Gasteiger partial charge in [-0.05, 0) is 84.9 Å². The number of hydrogen-bond donors (Lipinski definition) is 4. The van der Waals surface area contributed by atoms with Crippen molar-refractivity contribution in [2.45, 2.75) is 0 Å². The molecule has 0 aliphatic heterocycles. The Bertz CT molecular complexity index is 2290. The molecule has 4 amide bonds. The van der Waals surface area contributed by atoms with Crippen LogP contribution in [0.15, 0.2) is 164 Å². The highest BCUT2D eigenvalue weighted by Crippen LogP contribution is 2.27. The van der Waals surface area contributed by atoms with E-state index in [9.17, 15) is 9.59 Å². The molecule has 0 spiro atoms. The Kier molecular flexibility index (Phi) is 12.7. The highest BCUT2D eigenvalue weighted by molar-refractivity contribution is 6.29. The van der Waals surface area contributed by atoms with Crippen LogP contribution in [0.1, 0.15) is 0 Å². The molecule has 4 N–H and O–H groups in total. The zero-order valence-corrected chi connectivity index (χ0v) is 30.1. The second kappa shape index (κ2) is 18.8. The predicted octanol–water partition coefficient (Wildman–Crippen LogP) is 10.2. The van der Waals surface area contributed by atoms with E-state index in [0.29, 0.717) is 45.6 Å². The van der Waals surface area contributed by atoms with Crippen LogP contribution in [-0.2, 0) is 0 Å². The van der Waals surface area contributed by atoms with E-state index in [1.54, 1.807) is 54.6 Å². The SMILES string of the molecule is CN(c1ccccc1)c1cc(Oc2ccc(NC(=O)Nc3ccccc3)cc2)ncn1.O=C(Nc1ccccc1)Nc1ccc(Oc2cc(Cl)ncn2)cc1. The first-order valence-electron chi connectivity index (χ1n) is 16.8. The number of halogens is 1. The molecule has 0 unspecified atom stereocenters. The number of nitrogens with zero attached hydrogens (tertiary/aromatic N) is 5. The average molecular weight is 752 g/mol. The molecule has 274 valence electrons. The van der Waals surface area contributed by atoms with Crippen LogP contribution in [0.5, 0.6) is 23.3 Å². The van der Waals surface area contributed by atoms with Gasteiger partial charge in [0.2, 0.25) is 11.8 Å². The molecule has 0 atom stereocenters. The van der Waals surface area contributed by atoms with Crippen LogP contribution < -0.4 is 35.6 Å². The fourth-order valence-electron chi connectivity index (χ4n) is 4.81. The first-order valence-corrected chi connectivity index (χ1v) is 17.1. The Labute approximate surface area is 322 Å². The van der Waals surface area contributed by atoms with Gasteiger partial charge in [0.05, 0.1) is 0 Å². The minimum atomic E-state index is -0.322. The summed E-state index contributed by atoms with van der Waals surface area (Å²) in [4.78, 5) is 42.2. The van der Waals surface area contributed by atoms with Crippen molar-refractivity contribution in [3.05, 3.63) is 169 Å². The second-order valence-corrected chi connectivity index (χ2v) is 11.8. The lowest BCUT2D eigenvalue weighted by Crippen LogP contribution is -2.19. The number of urea groups is 2. The number of carbonyl (C=O) groups is 2. The molecule has 0 bridgehead atoms. The number of nitrogens with one attached hydrogen (secondary N) is 4. The molecule has 55 heavy (non-hydrogen) atoms. The van der Waals surface area contributed by atoms with Gasteiger partial charge in [0.15, 0.2) is 0 Å². The first kappa shape index (κ1) is 37.3. The smallest absolute Gasteiger partial charge is 0.323 e.